The van der Waals surface area contributed by atoms with E-state index < -0.39 is 25.6 Å². The van der Waals surface area contributed by atoms with Crippen LogP contribution in [-0.2, 0) is 20.0 Å². The van der Waals surface area contributed by atoms with Gasteiger partial charge in [0.1, 0.15) is 5.82 Å². The minimum Gasteiger partial charge on any atom is -0.342 e. The Hall–Kier alpha value is -3.42. The first-order valence-electron chi connectivity index (χ1n) is 10.6. The molecule has 3 aromatic carbocycles. The Labute approximate surface area is 204 Å². The second-order valence-corrected chi connectivity index (χ2v) is 11.7. The summed E-state index contributed by atoms with van der Waals surface area (Å²) in [5, 5.41) is 5.36. The smallest absolute Gasteiger partial charge is 0.342 e. The predicted octanol–water partition coefficient (Wildman–Crippen LogP) is 4.41. The topological polar surface area (TPSA) is 135 Å². The molecule has 0 saturated heterocycles. The van der Waals surface area contributed by atoms with Gasteiger partial charge in [-0.3, -0.25) is 4.72 Å². The van der Waals surface area contributed by atoms with Crippen LogP contribution >= 0.6 is 0 Å². The highest BCUT2D eigenvalue weighted by Crippen LogP contribution is 2.54. The molecule has 1 fully saturated rings. The zero-order valence-corrected chi connectivity index (χ0v) is 20.0. The third-order valence-electron chi connectivity index (χ3n) is 6.04. The summed E-state index contributed by atoms with van der Waals surface area (Å²) in [6.07, 6.45) is 0.758. The van der Waals surface area contributed by atoms with Crippen molar-refractivity contribution in [3.8, 4) is 11.1 Å². The second-order valence-electron chi connectivity index (χ2n) is 8.52. The van der Waals surface area contributed by atoms with E-state index in [1.165, 1.54) is 22.9 Å². The summed E-state index contributed by atoms with van der Waals surface area (Å²) < 4.78 is 85.7. The molecule has 1 saturated carbocycles. The molecule has 2 atom stereocenters. The standard InChI is InChI=1S/C23H19F3N4O4S2/c24-23(25,26)36(33,34)30-15-8-5-13(6-9-15)17-12-18(17)22-28-19-10-7-14(11-20(19)29-22)16-3-1-2-4-21(16)35(27,31)32/h1-11,17-18,30H,12H2,(H,28,29)(H2,27,31,32). The zero-order valence-electron chi connectivity index (χ0n) is 18.3. The molecule has 188 valence electrons. The number of imidazole rings is 1. The highest BCUT2D eigenvalue weighted by Gasteiger charge is 2.46. The van der Waals surface area contributed by atoms with E-state index in [1.54, 1.807) is 48.5 Å². The Balaban J connectivity index is 1.36. The number of nitrogens with one attached hydrogen (secondary N) is 2. The third-order valence-corrected chi connectivity index (χ3v) is 8.13. The van der Waals surface area contributed by atoms with Gasteiger partial charge in [0.05, 0.1) is 15.9 Å². The summed E-state index contributed by atoms with van der Waals surface area (Å²) in [7, 11) is -9.39. The fraction of sp³-hybridized carbons (Fsp3) is 0.174. The van der Waals surface area contributed by atoms with Crippen molar-refractivity contribution >= 4 is 36.8 Å². The van der Waals surface area contributed by atoms with Crippen molar-refractivity contribution in [3.63, 3.8) is 0 Å². The number of aromatic nitrogens is 2. The van der Waals surface area contributed by atoms with Gasteiger partial charge in [-0.15, -0.1) is 0 Å². The first-order valence-corrected chi connectivity index (χ1v) is 13.7. The largest absolute Gasteiger partial charge is 0.516 e. The van der Waals surface area contributed by atoms with Crippen LogP contribution < -0.4 is 9.86 Å². The van der Waals surface area contributed by atoms with E-state index in [9.17, 15) is 30.0 Å². The van der Waals surface area contributed by atoms with Gasteiger partial charge in [-0.05, 0) is 53.8 Å². The lowest BCUT2D eigenvalue weighted by molar-refractivity contribution is -0.0429. The summed E-state index contributed by atoms with van der Waals surface area (Å²) in [6.45, 7) is 0. The van der Waals surface area contributed by atoms with Crippen molar-refractivity contribution in [2.45, 2.75) is 28.7 Å². The van der Waals surface area contributed by atoms with Gasteiger partial charge in [0, 0.05) is 17.2 Å². The predicted molar refractivity (Wildman–Crippen MR) is 128 cm³/mol. The molecule has 36 heavy (non-hydrogen) atoms. The number of halogens is 3. The van der Waals surface area contributed by atoms with E-state index >= 15 is 0 Å². The lowest BCUT2D eigenvalue weighted by Gasteiger charge is -2.10. The van der Waals surface area contributed by atoms with Crippen molar-refractivity contribution in [2.24, 2.45) is 5.14 Å². The van der Waals surface area contributed by atoms with E-state index in [1.807, 2.05) is 0 Å². The average Bonchev–Trinajstić information content (AvgIpc) is 3.49. The molecule has 5 rings (SSSR count). The van der Waals surface area contributed by atoms with Crippen molar-refractivity contribution in [3.05, 3.63) is 78.1 Å². The molecule has 4 N–H and O–H groups in total. The second kappa shape index (κ2) is 8.32. The van der Waals surface area contributed by atoms with Crippen LogP contribution in [0.25, 0.3) is 22.2 Å². The summed E-state index contributed by atoms with van der Waals surface area (Å²) in [6, 6.07) is 17.6. The van der Waals surface area contributed by atoms with Crippen LogP contribution in [0.4, 0.5) is 18.9 Å². The number of H-pyrrole nitrogens is 1. The number of fused-ring (bicyclic) bond motifs is 1. The lowest BCUT2D eigenvalue weighted by atomic mass is 10.1. The molecular weight excluding hydrogens is 517 g/mol. The van der Waals surface area contributed by atoms with E-state index in [0.717, 1.165) is 17.8 Å². The molecule has 0 radical (unpaired) electrons. The maximum Gasteiger partial charge on any atom is 0.516 e. The number of rotatable bonds is 6. The Kier molecular flexibility index (Phi) is 5.61. The van der Waals surface area contributed by atoms with Gasteiger partial charge in [0.25, 0.3) is 0 Å². The van der Waals surface area contributed by atoms with Crippen molar-refractivity contribution < 1.29 is 30.0 Å². The van der Waals surface area contributed by atoms with Crippen LogP contribution in [0.3, 0.4) is 0 Å². The molecule has 1 aliphatic rings. The fourth-order valence-corrected chi connectivity index (χ4v) is 5.53. The highest BCUT2D eigenvalue weighted by atomic mass is 32.2. The van der Waals surface area contributed by atoms with Crippen LogP contribution in [0.1, 0.15) is 29.6 Å². The van der Waals surface area contributed by atoms with Crippen LogP contribution in [0.15, 0.2) is 71.6 Å². The number of nitrogens with two attached hydrogens (primary N) is 1. The van der Waals surface area contributed by atoms with Gasteiger partial charge >= 0.3 is 15.5 Å². The van der Waals surface area contributed by atoms with Gasteiger partial charge in [-0.25, -0.2) is 18.5 Å². The molecule has 4 aromatic rings. The fourth-order valence-electron chi connectivity index (χ4n) is 4.20. The van der Waals surface area contributed by atoms with Crippen molar-refractivity contribution in [2.75, 3.05) is 4.72 Å². The Bertz CT molecular complexity index is 1680. The van der Waals surface area contributed by atoms with Crippen LogP contribution in [0.2, 0.25) is 0 Å². The molecule has 0 spiro atoms. The summed E-state index contributed by atoms with van der Waals surface area (Å²) >= 11 is 0. The number of benzene rings is 3. The molecule has 0 aliphatic heterocycles. The van der Waals surface area contributed by atoms with E-state index in [-0.39, 0.29) is 22.4 Å². The molecule has 8 nitrogen and oxygen atoms in total. The molecule has 0 amide bonds. The minimum absolute atomic E-state index is 0.0207. The number of primary sulfonamides is 1. The third kappa shape index (κ3) is 4.56. The number of alkyl halides is 3. The quantitative estimate of drug-likeness (QED) is 0.336. The van der Waals surface area contributed by atoms with Gasteiger partial charge in [0.15, 0.2) is 0 Å². The van der Waals surface area contributed by atoms with Gasteiger partial charge in [0.2, 0.25) is 10.0 Å². The number of aromatic amines is 1. The Morgan fingerprint density at radius 3 is 2.31 bits per heavy atom. The average molecular weight is 537 g/mol. The zero-order chi connectivity index (χ0) is 25.9. The molecule has 0 bridgehead atoms. The van der Waals surface area contributed by atoms with Crippen molar-refractivity contribution in [1.82, 2.24) is 9.97 Å². The number of nitrogens with zero attached hydrogens (tertiary/aromatic N) is 1. The summed E-state index contributed by atoms with van der Waals surface area (Å²) in [5.74, 6) is 0.852. The Morgan fingerprint density at radius 2 is 1.64 bits per heavy atom. The van der Waals surface area contributed by atoms with E-state index in [4.69, 9.17) is 5.14 Å². The van der Waals surface area contributed by atoms with Crippen LogP contribution in [-0.4, -0.2) is 32.3 Å². The van der Waals surface area contributed by atoms with E-state index in [2.05, 4.69) is 9.97 Å². The van der Waals surface area contributed by atoms with Crippen LogP contribution in [0, 0.1) is 0 Å². The van der Waals surface area contributed by atoms with Gasteiger partial charge < -0.3 is 4.98 Å². The maximum absolute atomic E-state index is 12.6. The van der Waals surface area contributed by atoms with Crippen LogP contribution in [0.5, 0.6) is 0 Å². The van der Waals surface area contributed by atoms with Gasteiger partial charge in [-0.2, -0.15) is 21.6 Å². The first kappa shape index (κ1) is 24.3. The maximum atomic E-state index is 12.6. The normalized spacial score (nSPS) is 18.3. The van der Waals surface area contributed by atoms with Gasteiger partial charge in [-0.1, -0.05) is 36.4 Å². The molecular formula is C23H19F3N4O4S2. The molecule has 1 aliphatic carbocycles. The molecule has 1 heterocycles. The first-order chi connectivity index (χ1) is 16.8. The summed E-state index contributed by atoms with van der Waals surface area (Å²) in [4.78, 5) is 7.93. The monoisotopic (exact) mass is 536 g/mol. The molecule has 2 unspecified atom stereocenters. The van der Waals surface area contributed by atoms with E-state index in [0.29, 0.717) is 22.2 Å². The number of anilines is 1. The lowest BCUT2D eigenvalue weighted by Crippen LogP contribution is -2.29. The molecule has 13 heteroatoms. The van der Waals surface area contributed by atoms with Crippen molar-refractivity contribution in [1.29, 1.82) is 0 Å². The Morgan fingerprint density at radius 1 is 0.944 bits per heavy atom. The number of sulfonamides is 2. The number of hydrogen-bond acceptors (Lipinski definition) is 5. The minimum atomic E-state index is -5.48. The number of hydrogen-bond donors (Lipinski definition) is 3. The molecule has 1 aromatic heterocycles. The highest BCUT2D eigenvalue weighted by molar-refractivity contribution is 7.93. The SMILES string of the molecule is NS(=O)(=O)c1ccccc1-c1ccc2nc(C3CC3c3ccc(NS(=O)(=O)C(F)(F)F)cc3)[nH]c2c1. The summed E-state index contributed by atoms with van der Waals surface area (Å²) in [5.41, 5.74) is -2.17.